The van der Waals surface area contributed by atoms with Gasteiger partial charge in [-0.1, -0.05) is 12.1 Å². The van der Waals surface area contributed by atoms with Crippen LogP contribution in [0.4, 0.5) is 34.6 Å². The summed E-state index contributed by atoms with van der Waals surface area (Å²) in [5.41, 5.74) is 1.52. The van der Waals surface area contributed by atoms with Gasteiger partial charge in [0.05, 0.1) is 22.6 Å². The highest BCUT2D eigenvalue weighted by Crippen LogP contribution is 2.36. The number of pyridine rings is 1. The van der Waals surface area contributed by atoms with E-state index in [1.165, 1.54) is 22.3 Å². The molecule has 0 aliphatic carbocycles. The molecule has 10 heteroatoms. The van der Waals surface area contributed by atoms with E-state index in [1.54, 1.807) is 18.2 Å². The van der Waals surface area contributed by atoms with Crippen molar-refractivity contribution >= 4 is 34.0 Å². The van der Waals surface area contributed by atoms with Gasteiger partial charge in [-0.25, -0.2) is 14.8 Å². The van der Waals surface area contributed by atoms with Gasteiger partial charge < -0.3 is 4.90 Å². The number of carbonyl (C=O) groups excluding carboxylic acids is 1. The minimum Gasteiger partial charge on any atom is -0.370 e. The maximum Gasteiger partial charge on any atom is 0.416 e. The molecule has 0 atom stereocenters. The van der Waals surface area contributed by atoms with Crippen LogP contribution in [0.2, 0.25) is 0 Å². The van der Waals surface area contributed by atoms with Crippen LogP contribution < -0.4 is 15.1 Å². The highest BCUT2D eigenvalue weighted by Gasteiger charge is 2.31. The Kier molecular flexibility index (Phi) is 5.34. The summed E-state index contributed by atoms with van der Waals surface area (Å²) in [6, 6.07) is 8.07. The zero-order chi connectivity index (χ0) is 22.3. The molecular formula is C21H20F3N5OS. The summed E-state index contributed by atoms with van der Waals surface area (Å²) in [5, 5.41) is 3.30. The Bertz CT molecular complexity index is 1120. The van der Waals surface area contributed by atoms with Crippen LogP contribution in [0.3, 0.4) is 0 Å². The molecule has 1 aliphatic rings. The molecule has 2 aromatic heterocycles. The summed E-state index contributed by atoms with van der Waals surface area (Å²) >= 11 is 1.39. The number of anilines is 3. The number of nitrogens with zero attached hydrogens (tertiary/aromatic N) is 4. The Balaban J connectivity index is 1.69. The fourth-order valence-corrected chi connectivity index (χ4v) is 4.12. The smallest absolute Gasteiger partial charge is 0.370 e. The number of alkyl halides is 3. The molecular weight excluding hydrogens is 427 g/mol. The van der Waals surface area contributed by atoms with Crippen molar-refractivity contribution in [3.05, 3.63) is 52.5 Å². The summed E-state index contributed by atoms with van der Waals surface area (Å²) < 4.78 is 39.4. The molecule has 6 nitrogen and oxygen atoms in total. The van der Waals surface area contributed by atoms with Gasteiger partial charge in [-0.05, 0) is 38.1 Å². The normalized spacial score (nSPS) is 13.9. The van der Waals surface area contributed by atoms with E-state index in [1.807, 2.05) is 25.8 Å². The third-order valence-corrected chi connectivity index (χ3v) is 6.14. The van der Waals surface area contributed by atoms with E-state index >= 15 is 0 Å². The molecule has 2 amide bonds. The third kappa shape index (κ3) is 4.20. The Morgan fingerprint density at radius 2 is 1.90 bits per heavy atom. The van der Waals surface area contributed by atoms with Crippen molar-refractivity contribution in [3.8, 4) is 11.3 Å². The van der Waals surface area contributed by atoms with Gasteiger partial charge in [0.25, 0.3) is 0 Å². The Hall–Kier alpha value is -3.14. The summed E-state index contributed by atoms with van der Waals surface area (Å²) in [5.74, 6) is 0.395. The maximum atomic E-state index is 13.1. The first-order valence-corrected chi connectivity index (χ1v) is 10.4. The second kappa shape index (κ2) is 7.84. The van der Waals surface area contributed by atoms with Gasteiger partial charge in [0.2, 0.25) is 0 Å². The molecule has 1 aromatic carbocycles. The van der Waals surface area contributed by atoms with Crippen LogP contribution in [0.5, 0.6) is 0 Å². The summed E-state index contributed by atoms with van der Waals surface area (Å²) in [6.45, 7) is 4.78. The van der Waals surface area contributed by atoms with E-state index in [4.69, 9.17) is 0 Å². The number of fused-ring (bicyclic) bond motifs is 1. The molecule has 3 heterocycles. The van der Waals surface area contributed by atoms with Crippen molar-refractivity contribution < 1.29 is 18.0 Å². The van der Waals surface area contributed by atoms with E-state index in [-0.39, 0.29) is 6.03 Å². The number of hydrogen-bond donors (Lipinski definition) is 1. The van der Waals surface area contributed by atoms with Crippen LogP contribution in [0.25, 0.3) is 11.3 Å². The molecule has 0 saturated carbocycles. The average Bonchev–Trinajstić information content (AvgIpc) is 3.04. The summed E-state index contributed by atoms with van der Waals surface area (Å²) in [6.07, 6.45) is -4.44. The molecule has 1 aliphatic heterocycles. The number of aromatic nitrogens is 2. The number of thiazole rings is 1. The number of halogens is 3. The number of rotatable bonds is 2. The fourth-order valence-electron chi connectivity index (χ4n) is 3.31. The van der Waals surface area contributed by atoms with Crippen LogP contribution in [0, 0.1) is 13.8 Å². The molecule has 31 heavy (non-hydrogen) atoms. The molecule has 0 unspecified atom stereocenters. The number of aryl methyl sites for hydroxylation is 2. The first kappa shape index (κ1) is 21.1. The minimum absolute atomic E-state index is 0.331. The van der Waals surface area contributed by atoms with E-state index < -0.39 is 11.7 Å². The van der Waals surface area contributed by atoms with Crippen LogP contribution in [0.1, 0.15) is 16.1 Å². The lowest BCUT2D eigenvalue weighted by molar-refractivity contribution is -0.137. The van der Waals surface area contributed by atoms with Crippen molar-refractivity contribution in [3.63, 3.8) is 0 Å². The van der Waals surface area contributed by atoms with Crippen LogP contribution in [-0.2, 0) is 6.18 Å². The lowest BCUT2D eigenvalue weighted by atomic mass is 10.1. The molecule has 0 radical (unpaired) electrons. The molecule has 0 spiro atoms. The largest absolute Gasteiger partial charge is 0.416 e. The number of carbonyl (C=O) groups is 1. The summed E-state index contributed by atoms with van der Waals surface area (Å²) in [7, 11) is 1.88. The van der Waals surface area contributed by atoms with E-state index in [0.29, 0.717) is 35.3 Å². The second-order valence-electron chi connectivity index (χ2n) is 7.28. The Morgan fingerprint density at radius 3 is 2.58 bits per heavy atom. The Labute approximate surface area is 181 Å². The van der Waals surface area contributed by atoms with Gasteiger partial charge in [-0.15, -0.1) is 11.3 Å². The topological polar surface area (TPSA) is 61.4 Å². The third-order valence-electron chi connectivity index (χ3n) is 5.15. The van der Waals surface area contributed by atoms with Crippen molar-refractivity contribution in [1.82, 2.24) is 9.97 Å². The molecule has 0 bridgehead atoms. The van der Waals surface area contributed by atoms with Crippen molar-refractivity contribution in [2.24, 2.45) is 0 Å². The van der Waals surface area contributed by atoms with Gasteiger partial charge in [0.1, 0.15) is 0 Å². The van der Waals surface area contributed by atoms with E-state index in [2.05, 4.69) is 15.3 Å². The quantitative estimate of drug-likeness (QED) is 0.577. The van der Waals surface area contributed by atoms with Crippen LogP contribution in [-0.4, -0.2) is 36.1 Å². The standard InChI is InChI=1S/C21H20F3N5OS/c1-12-13(2)31-19(25-12)27-20(30)29-10-9-28(3)17-8-7-16(26-18(17)29)14-5-4-6-15(11-14)21(22,23)24/h4-8,11H,9-10H2,1-3H3,(H,25,27,30). The number of nitrogens with one attached hydrogen (secondary N) is 1. The first-order valence-electron chi connectivity index (χ1n) is 9.56. The highest BCUT2D eigenvalue weighted by molar-refractivity contribution is 7.15. The predicted octanol–water partition coefficient (Wildman–Crippen LogP) is 5.33. The molecule has 162 valence electrons. The number of amides is 2. The number of benzene rings is 1. The Morgan fingerprint density at radius 1 is 1.13 bits per heavy atom. The van der Waals surface area contributed by atoms with Crippen molar-refractivity contribution in [2.45, 2.75) is 20.0 Å². The first-order chi connectivity index (χ1) is 14.6. The van der Waals surface area contributed by atoms with Crippen molar-refractivity contribution in [2.75, 3.05) is 35.3 Å². The van der Waals surface area contributed by atoms with Gasteiger partial charge in [-0.3, -0.25) is 10.2 Å². The molecule has 3 aromatic rings. The van der Waals surface area contributed by atoms with Gasteiger partial charge >= 0.3 is 12.2 Å². The number of likely N-dealkylation sites (N-methyl/N-ethyl adjacent to an activating group) is 1. The number of hydrogen-bond acceptors (Lipinski definition) is 5. The van der Waals surface area contributed by atoms with E-state index in [9.17, 15) is 18.0 Å². The maximum absolute atomic E-state index is 13.1. The molecule has 0 fully saturated rings. The fraction of sp³-hybridized carbons (Fsp3) is 0.286. The lowest BCUT2D eigenvalue weighted by Crippen LogP contribution is -2.45. The second-order valence-corrected chi connectivity index (χ2v) is 8.48. The summed E-state index contributed by atoms with van der Waals surface area (Å²) in [4.78, 5) is 26.3. The van der Waals surface area contributed by atoms with E-state index in [0.717, 1.165) is 28.4 Å². The SMILES string of the molecule is Cc1nc(NC(=O)N2CCN(C)c3ccc(-c4cccc(C(F)(F)F)c4)nc32)sc1C. The van der Waals surface area contributed by atoms with Gasteiger partial charge in [-0.2, -0.15) is 13.2 Å². The molecule has 1 N–H and O–H groups in total. The van der Waals surface area contributed by atoms with Gasteiger partial charge in [0, 0.05) is 30.6 Å². The van der Waals surface area contributed by atoms with Crippen LogP contribution in [0.15, 0.2) is 36.4 Å². The zero-order valence-corrected chi connectivity index (χ0v) is 17.9. The zero-order valence-electron chi connectivity index (χ0n) is 17.1. The monoisotopic (exact) mass is 447 g/mol. The number of urea groups is 1. The van der Waals surface area contributed by atoms with Gasteiger partial charge in [0.15, 0.2) is 10.9 Å². The highest BCUT2D eigenvalue weighted by atomic mass is 32.1. The van der Waals surface area contributed by atoms with Crippen molar-refractivity contribution in [1.29, 1.82) is 0 Å². The molecule has 0 saturated heterocycles. The molecule has 4 rings (SSSR count). The van der Waals surface area contributed by atoms with Crippen LogP contribution >= 0.6 is 11.3 Å². The lowest BCUT2D eigenvalue weighted by Gasteiger charge is -2.34. The minimum atomic E-state index is -4.44. The average molecular weight is 447 g/mol. The predicted molar refractivity (Wildman–Crippen MR) is 116 cm³/mol.